The monoisotopic (exact) mass is 384 g/mol. The van der Waals surface area contributed by atoms with E-state index in [2.05, 4.69) is 52.9 Å². The SMILES string of the molecule is Ic1ccc2oc3cc4c(cc3c2c1)oc1ccccc14. The first-order chi connectivity index (χ1) is 10.3. The fourth-order valence-electron chi connectivity index (χ4n) is 2.97. The van der Waals surface area contributed by atoms with Gasteiger partial charge in [0.15, 0.2) is 0 Å². The quantitative estimate of drug-likeness (QED) is 0.302. The highest BCUT2D eigenvalue weighted by molar-refractivity contribution is 14.1. The van der Waals surface area contributed by atoms with E-state index in [0.717, 1.165) is 43.9 Å². The minimum atomic E-state index is 0.908. The lowest BCUT2D eigenvalue weighted by Crippen LogP contribution is -1.70. The van der Waals surface area contributed by atoms with E-state index >= 15 is 0 Å². The summed E-state index contributed by atoms with van der Waals surface area (Å²) < 4.78 is 13.2. The molecule has 5 aromatic rings. The first-order valence-corrected chi connectivity index (χ1v) is 7.80. The van der Waals surface area contributed by atoms with Gasteiger partial charge in [0.1, 0.15) is 22.3 Å². The largest absolute Gasteiger partial charge is 0.456 e. The zero-order valence-corrected chi connectivity index (χ0v) is 13.0. The summed E-state index contributed by atoms with van der Waals surface area (Å²) >= 11 is 2.32. The van der Waals surface area contributed by atoms with Crippen molar-refractivity contribution in [1.29, 1.82) is 0 Å². The molecule has 0 radical (unpaired) electrons. The van der Waals surface area contributed by atoms with Crippen LogP contribution in [0.25, 0.3) is 43.9 Å². The van der Waals surface area contributed by atoms with Crippen LogP contribution in [-0.4, -0.2) is 0 Å². The predicted octanol–water partition coefficient (Wildman–Crippen LogP) is 6.09. The molecule has 0 saturated carbocycles. The average Bonchev–Trinajstić information content (AvgIpc) is 3.02. The molecule has 0 aliphatic carbocycles. The summed E-state index contributed by atoms with van der Waals surface area (Å²) in [5.74, 6) is 0. The maximum Gasteiger partial charge on any atom is 0.136 e. The molecule has 2 heterocycles. The molecule has 0 bridgehead atoms. The normalized spacial score (nSPS) is 12.0. The van der Waals surface area contributed by atoms with E-state index in [1.807, 2.05) is 24.3 Å². The van der Waals surface area contributed by atoms with E-state index in [-0.39, 0.29) is 0 Å². The Labute approximate surface area is 133 Å². The molecule has 2 aromatic heterocycles. The van der Waals surface area contributed by atoms with Crippen LogP contribution >= 0.6 is 22.6 Å². The average molecular weight is 384 g/mol. The van der Waals surface area contributed by atoms with Crippen LogP contribution in [0.4, 0.5) is 0 Å². The summed E-state index contributed by atoms with van der Waals surface area (Å²) in [6, 6.07) is 18.5. The van der Waals surface area contributed by atoms with Crippen molar-refractivity contribution in [1.82, 2.24) is 0 Å². The molecule has 0 unspecified atom stereocenters. The number of benzene rings is 3. The highest BCUT2D eigenvalue weighted by atomic mass is 127. The molecule has 0 spiro atoms. The van der Waals surface area contributed by atoms with Gasteiger partial charge >= 0.3 is 0 Å². The minimum Gasteiger partial charge on any atom is -0.456 e. The lowest BCUT2D eigenvalue weighted by molar-refractivity contribution is 0.664. The molecule has 100 valence electrons. The number of furan rings is 2. The molecular weight excluding hydrogens is 375 g/mol. The molecule has 0 N–H and O–H groups in total. The van der Waals surface area contributed by atoms with Crippen LogP contribution in [0.15, 0.2) is 63.4 Å². The first-order valence-electron chi connectivity index (χ1n) is 6.73. The molecule has 0 amide bonds. The Morgan fingerprint density at radius 3 is 2.00 bits per heavy atom. The van der Waals surface area contributed by atoms with Gasteiger partial charge in [-0.15, -0.1) is 0 Å². The van der Waals surface area contributed by atoms with Crippen molar-refractivity contribution < 1.29 is 8.83 Å². The van der Waals surface area contributed by atoms with E-state index in [4.69, 9.17) is 8.83 Å². The maximum atomic E-state index is 5.99. The Morgan fingerprint density at radius 2 is 1.19 bits per heavy atom. The number of halogens is 1. The van der Waals surface area contributed by atoms with Gasteiger partial charge < -0.3 is 8.83 Å². The lowest BCUT2D eigenvalue weighted by Gasteiger charge is -1.91. The Bertz CT molecular complexity index is 1150. The summed E-state index contributed by atoms with van der Waals surface area (Å²) in [6.07, 6.45) is 0. The van der Waals surface area contributed by atoms with Crippen LogP contribution in [0.3, 0.4) is 0 Å². The van der Waals surface area contributed by atoms with Gasteiger partial charge in [-0.05, 0) is 59.0 Å². The van der Waals surface area contributed by atoms with Crippen LogP contribution in [0.2, 0.25) is 0 Å². The van der Waals surface area contributed by atoms with Crippen molar-refractivity contribution >= 4 is 66.5 Å². The summed E-state index contributed by atoms with van der Waals surface area (Å²) in [5, 5.41) is 4.48. The third-order valence-electron chi connectivity index (χ3n) is 3.93. The number of fused-ring (bicyclic) bond motifs is 6. The van der Waals surface area contributed by atoms with Crippen LogP contribution in [0, 0.1) is 3.57 Å². The molecule has 0 atom stereocenters. The van der Waals surface area contributed by atoms with E-state index < -0.39 is 0 Å². The Morgan fingerprint density at radius 1 is 0.571 bits per heavy atom. The lowest BCUT2D eigenvalue weighted by atomic mass is 10.1. The Hall–Kier alpha value is -2.01. The van der Waals surface area contributed by atoms with Crippen molar-refractivity contribution in [3.8, 4) is 0 Å². The van der Waals surface area contributed by atoms with Gasteiger partial charge in [-0.1, -0.05) is 18.2 Å². The highest BCUT2D eigenvalue weighted by Crippen LogP contribution is 2.36. The molecule has 21 heavy (non-hydrogen) atoms. The van der Waals surface area contributed by atoms with Crippen molar-refractivity contribution in [2.75, 3.05) is 0 Å². The molecule has 2 nitrogen and oxygen atoms in total. The van der Waals surface area contributed by atoms with Gasteiger partial charge in [-0.3, -0.25) is 0 Å². The van der Waals surface area contributed by atoms with E-state index in [0.29, 0.717) is 0 Å². The smallest absolute Gasteiger partial charge is 0.136 e. The first kappa shape index (κ1) is 11.6. The van der Waals surface area contributed by atoms with Crippen molar-refractivity contribution in [2.45, 2.75) is 0 Å². The Balaban J connectivity index is 2.02. The summed E-state index contributed by atoms with van der Waals surface area (Å²) in [4.78, 5) is 0. The van der Waals surface area contributed by atoms with Gasteiger partial charge in [0.05, 0.1) is 0 Å². The predicted molar refractivity (Wildman–Crippen MR) is 93.7 cm³/mol. The van der Waals surface area contributed by atoms with Crippen molar-refractivity contribution in [3.05, 3.63) is 58.2 Å². The molecule has 3 heteroatoms. The van der Waals surface area contributed by atoms with E-state index in [1.54, 1.807) is 0 Å². The number of rotatable bonds is 0. The molecular formula is C18H9IO2. The molecule has 0 saturated heterocycles. The van der Waals surface area contributed by atoms with Crippen LogP contribution in [-0.2, 0) is 0 Å². The van der Waals surface area contributed by atoms with E-state index in [1.165, 1.54) is 3.57 Å². The summed E-state index contributed by atoms with van der Waals surface area (Å²) in [5.41, 5.74) is 3.65. The molecule has 0 aliphatic heterocycles. The number of hydrogen-bond donors (Lipinski definition) is 0. The third kappa shape index (κ3) is 1.58. The second-order valence-corrected chi connectivity index (χ2v) is 6.43. The van der Waals surface area contributed by atoms with Gasteiger partial charge in [0, 0.05) is 25.1 Å². The van der Waals surface area contributed by atoms with E-state index in [9.17, 15) is 0 Å². The summed E-state index contributed by atoms with van der Waals surface area (Å²) in [6.45, 7) is 0. The zero-order valence-electron chi connectivity index (χ0n) is 10.9. The number of hydrogen-bond acceptors (Lipinski definition) is 2. The topological polar surface area (TPSA) is 26.3 Å². The fraction of sp³-hybridized carbons (Fsp3) is 0. The van der Waals surface area contributed by atoms with Crippen molar-refractivity contribution in [3.63, 3.8) is 0 Å². The highest BCUT2D eigenvalue weighted by Gasteiger charge is 2.12. The molecule has 0 aliphatic rings. The summed E-state index contributed by atoms with van der Waals surface area (Å²) in [7, 11) is 0. The maximum absolute atomic E-state index is 5.99. The van der Waals surface area contributed by atoms with Gasteiger partial charge in [-0.25, -0.2) is 0 Å². The van der Waals surface area contributed by atoms with Crippen LogP contribution in [0.1, 0.15) is 0 Å². The number of para-hydroxylation sites is 1. The van der Waals surface area contributed by atoms with Gasteiger partial charge in [-0.2, -0.15) is 0 Å². The zero-order chi connectivity index (χ0) is 14.0. The molecule has 0 fully saturated rings. The minimum absolute atomic E-state index is 0.908. The van der Waals surface area contributed by atoms with Crippen LogP contribution in [0.5, 0.6) is 0 Å². The standard InChI is InChI=1S/C18H9IO2/c19-10-5-6-16-12(7-10)14-9-17-13(8-18(14)21-16)11-3-1-2-4-15(11)20-17/h1-9H. The van der Waals surface area contributed by atoms with Crippen molar-refractivity contribution in [2.24, 2.45) is 0 Å². The van der Waals surface area contributed by atoms with Gasteiger partial charge in [0.2, 0.25) is 0 Å². The second kappa shape index (κ2) is 4.01. The van der Waals surface area contributed by atoms with Gasteiger partial charge in [0.25, 0.3) is 0 Å². The molecule has 3 aromatic carbocycles. The van der Waals surface area contributed by atoms with Crippen LogP contribution < -0.4 is 0 Å². The molecule has 5 rings (SSSR count). The second-order valence-electron chi connectivity index (χ2n) is 5.19. The fourth-order valence-corrected chi connectivity index (χ4v) is 3.46. The third-order valence-corrected chi connectivity index (χ3v) is 4.60. The Kier molecular flexibility index (Phi) is 2.22.